The van der Waals surface area contributed by atoms with Gasteiger partial charge in [-0.15, -0.1) is 0 Å². The molecule has 1 unspecified atom stereocenters. The Balaban J connectivity index is 2.10. The van der Waals surface area contributed by atoms with Crippen LogP contribution >= 0.6 is 0 Å². The average Bonchev–Trinajstić information content (AvgIpc) is 2.51. The summed E-state index contributed by atoms with van der Waals surface area (Å²) in [7, 11) is -9.27. The highest BCUT2D eigenvalue weighted by molar-refractivity contribution is 7.86. The Morgan fingerprint density at radius 1 is 1.23 bits per heavy atom. The molecule has 0 aliphatic carbocycles. The first-order chi connectivity index (χ1) is 11.9. The molecule has 13 heteroatoms. The predicted octanol–water partition coefficient (Wildman–Crippen LogP) is -0.892. The highest BCUT2D eigenvalue weighted by Crippen LogP contribution is 2.25. The number of hydrogen-bond acceptors (Lipinski definition) is 7. The van der Waals surface area contributed by atoms with Gasteiger partial charge in [-0.05, 0) is 12.5 Å². The van der Waals surface area contributed by atoms with Gasteiger partial charge in [0.2, 0.25) is 11.8 Å². The molecule has 3 atom stereocenters. The number of carbonyl (C=O) groups is 2. The van der Waals surface area contributed by atoms with Crippen molar-refractivity contribution in [3.8, 4) is 0 Å². The van der Waals surface area contributed by atoms with Gasteiger partial charge in [-0.25, -0.2) is 5.06 Å². The second-order valence-corrected chi connectivity index (χ2v) is 8.43. The first kappa shape index (κ1) is 20.3. The molecule has 144 valence electrons. The molecule has 3 N–H and O–H groups in total. The van der Waals surface area contributed by atoms with Crippen molar-refractivity contribution < 1.29 is 40.4 Å². The number of nitrogens with one attached hydrogen (secondary N) is 1. The maximum atomic E-state index is 12.3. The number of nitrogens with zero attached hydrogens (tertiary/aromatic N) is 1. The molecule has 0 spiro atoms. The van der Waals surface area contributed by atoms with Crippen molar-refractivity contribution in [3.63, 3.8) is 0 Å². The molecule has 1 fully saturated rings. The van der Waals surface area contributed by atoms with E-state index in [-0.39, 0.29) is 5.56 Å². The Morgan fingerprint density at radius 3 is 2.27 bits per heavy atom. The smallest absolute Gasteiger partial charge is 0.292 e. The molecule has 26 heavy (non-hydrogen) atoms. The number of hydrogen-bond donors (Lipinski definition) is 3. The average molecular weight is 408 g/mol. The molecule has 11 nitrogen and oxygen atoms in total. The molecular formula is C13H16N2O9S2. The second kappa shape index (κ2) is 7.28. The maximum absolute atomic E-state index is 12.3. The van der Waals surface area contributed by atoms with Gasteiger partial charge < -0.3 is 5.32 Å². The third-order valence-electron chi connectivity index (χ3n) is 3.61. The van der Waals surface area contributed by atoms with Gasteiger partial charge in [-0.2, -0.15) is 16.8 Å². The molecule has 1 saturated heterocycles. The summed E-state index contributed by atoms with van der Waals surface area (Å²) >= 11 is 0. The Morgan fingerprint density at radius 2 is 1.81 bits per heavy atom. The number of rotatable bonds is 7. The Labute approximate surface area is 149 Å². The van der Waals surface area contributed by atoms with Crippen molar-refractivity contribution in [3.05, 3.63) is 35.9 Å². The van der Waals surface area contributed by atoms with Gasteiger partial charge in [0.25, 0.3) is 26.1 Å². The quantitative estimate of drug-likeness (QED) is 0.383. The zero-order chi connectivity index (χ0) is 19.7. The summed E-state index contributed by atoms with van der Waals surface area (Å²) in [5.74, 6) is -3.11. The number of hydroxylamine groups is 2. The number of amides is 2. The Hall–Kier alpha value is -2.06. The molecule has 1 aromatic rings. The lowest BCUT2D eigenvalue weighted by molar-refractivity contribution is -0.224. The van der Waals surface area contributed by atoms with Crippen LogP contribution in [0.1, 0.15) is 17.7 Å². The van der Waals surface area contributed by atoms with E-state index in [1.807, 2.05) is 0 Å². The van der Waals surface area contributed by atoms with Crippen molar-refractivity contribution in [1.29, 1.82) is 0 Å². The van der Waals surface area contributed by atoms with Crippen LogP contribution in [0.3, 0.4) is 0 Å². The van der Waals surface area contributed by atoms with Crippen LogP contribution in [0.5, 0.6) is 0 Å². The van der Waals surface area contributed by atoms with Crippen LogP contribution < -0.4 is 5.32 Å². The van der Waals surface area contributed by atoms with Crippen molar-refractivity contribution >= 4 is 32.1 Å². The van der Waals surface area contributed by atoms with E-state index in [0.29, 0.717) is 5.06 Å². The van der Waals surface area contributed by atoms with Crippen LogP contribution in [0.2, 0.25) is 0 Å². The zero-order valence-corrected chi connectivity index (χ0v) is 15.0. The van der Waals surface area contributed by atoms with Crippen molar-refractivity contribution in [2.75, 3.05) is 5.94 Å². The van der Waals surface area contributed by atoms with Crippen LogP contribution in [0.4, 0.5) is 0 Å². The zero-order valence-electron chi connectivity index (χ0n) is 13.3. The van der Waals surface area contributed by atoms with Gasteiger partial charge in [-0.3, -0.25) is 23.5 Å². The fourth-order valence-corrected chi connectivity index (χ4v) is 3.49. The van der Waals surface area contributed by atoms with Gasteiger partial charge in [0.05, 0.1) is 6.04 Å². The van der Waals surface area contributed by atoms with Gasteiger partial charge in [0.1, 0.15) is 6.04 Å². The molecule has 0 radical (unpaired) electrons. The molecule has 0 bridgehead atoms. The van der Waals surface area contributed by atoms with E-state index in [0.717, 1.165) is 0 Å². The highest BCUT2D eigenvalue weighted by atomic mass is 32.2. The lowest BCUT2D eigenvalue weighted by Crippen LogP contribution is -2.69. The van der Waals surface area contributed by atoms with E-state index >= 15 is 0 Å². The third-order valence-corrected chi connectivity index (χ3v) is 5.10. The fourth-order valence-electron chi connectivity index (χ4n) is 2.40. The third kappa shape index (κ3) is 4.56. The van der Waals surface area contributed by atoms with Gasteiger partial charge >= 0.3 is 0 Å². The largest absolute Gasteiger partial charge is 0.341 e. The van der Waals surface area contributed by atoms with Crippen LogP contribution in [0, 0.1) is 0 Å². The lowest BCUT2D eigenvalue weighted by atomic mass is 9.99. The maximum Gasteiger partial charge on any atom is 0.292 e. The first-order valence-electron chi connectivity index (χ1n) is 7.14. The highest BCUT2D eigenvalue weighted by Gasteiger charge is 2.48. The lowest BCUT2D eigenvalue weighted by Gasteiger charge is -2.43. The standard InChI is InChI=1S/C13H16N2O9S2/c1-8-10(13(17)15(8)24-7-25(18,19)20)14-12(16)11(26(21,22)23)9-5-3-2-4-6-9/h2-6,8,10-11H,7H2,1H3,(H,14,16)(H,18,19,20)(H,21,22,23)/t8-,10-,11?/m0/s1. The van der Waals surface area contributed by atoms with Crippen molar-refractivity contribution in [1.82, 2.24) is 10.4 Å². The fraction of sp³-hybridized carbons (Fsp3) is 0.385. The van der Waals surface area contributed by atoms with E-state index < -0.39 is 55.3 Å². The van der Waals surface area contributed by atoms with Crippen LogP contribution in [0.15, 0.2) is 30.3 Å². The summed E-state index contributed by atoms with van der Waals surface area (Å²) in [4.78, 5) is 28.9. The topological polar surface area (TPSA) is 167 Å². The molecule has 2 amide bonds. The summed E-state index contributed by atoms with van der Waals surface area (Å²) in [6.45, 7) is 1.40. The summed E-state index contributed by atoms with van der Waals surface area (Å²) in [6, 6.07) is 5.18. The van der Waals surface area contributed by atoms with Crippen molar-refractivity contribution in [2.24, 2.45) is 0 Å². The number of benzene rings is 1. The summed E-state index contributed by atoms with van der Waals surface area (Å²) in [5.41, 5.74) is 0.00593. The van der Waals surface area contributed by atoms with E-state index in [2.05, 4.69) is 10.2 Å². The minimum Gasteiger partial charge on any atom is -0.341 e. The molecular weight excluding hydrogens is 392 g/mol. The molecule has 2 rings (SSSR count). The van der Waals surface area contributed by atoms with Gasteiger partial charge in [0, 0.05) is 0 Å². The minimum absolute atomic E-state index is 0.00593. The summed E-state index contributed by atoms with van der Waals surface area (Å²) < 4.78 is 62.4. The summed E-state index contributed by atoms with van der Waals surface area (Å²) in [6.07, 6.45) is 0. The Bertz CT molecular complexity index is 899. The monoisotopic (exact) mass is 408 g/mol. The van der Waals surface area contributed by atoms with E-state index in [9.17, 15) is 31.0 Å². The molecule has 1 heterocycles. The molecule has 0 aromatic heterocycles. The molecule has 1 aromatic carbocycles. The molecule has 1 aliphatic heterocycles. The number of carbonyl (C=O) groups excluding carboxylic acids is 2. The summed E-state index contributed by atoms with van der Waals surface area (Å²) in [5, 5.41) is 0.882. The Kier molecular flexibility index (Phi) is 5.67. The molecule has 1 aliphatic rings. The number of β-lactam (4-membered cyclic amide) rings is 1. The van der Waals surface area contributed by atoms with Crippen LogP contribution in [-0.2, 0) is 34.7 Å². The van der Waals surface area contributed by atoms with E-state index in [1.165, 1.54) is 31.2 Å². The van der Waals surface area contributed by atoms with E-state index in [4.69, 9.17) is 4.55 Å². The SMILES string of the molecule is C[C@H]1[C@H](NC(=O)C(c2ccccc2)S(=O)(=O)O)C(=O)N1OCS(=O)(=O)O. The van der Waals surface area contributed by atoms with Crippen LogP contribution in [-0.4, -0.2) is 60.8 Å². The van der Waals surface area contributed by atoms with Gasteiger partial charge in [0.15, 0.2) is 5.25 Å². The van der Waals surface area contributed by atoms with Crippen molar-refractivity contribution in [2.45, 2.75) is 24.3 Å². The van der Waals surface area contributed by atoms with Gasteiger partial charge in [-0.1, -0.05) is 30.3 Å². The van der Waals surface area contributed by atoms with Crippen LogP contribution in [0.25, 0.3) is 0 Å². The second-order valence-electron chi connectivity index (χ2n) is 5.53. The molecule has 0 saturated carbocycles. The van der Waals surface area contributed by atoms with E-state index in [1.54, 1.807) is 6.07 Å². The first-order valence-corrected chi connectivity index (χ1v) is 10.3. The predicted molar refractivity (Wildman–Crippen MR) is 86.5 cm³/mol. The normalized spacial score (nSPS) is 21.8. The minimum atomic E-state index is -4.81.